The molecule has 0 bridgehead atoms. The summed E-state index contributed by atoms with van der Waals surface area (Å²) >= 11 is 16.7. The van der Waals surface area contributed by atoms with Gasteiger partial charge in [0.15, 0.2) is 11.4 Å². The number of imidazole rings is 1. The van der Waals surface area contributed by atoms with Gasteiger partial charge in [-0.15, -0.1) is 0 Å². The number of aryl methyl sites for hydroxylation is 1. The number of alkyl halides is 1. The molecule has 42 heavy (non-hydrogen) atoms. The number of ether oxygens (including phenoxy) is 1. The molecule has 1 atom stereocenters. The molecular weight excluding hydrogens is 647 g/mol. The highest BCUT2D eigenvalue weighted by Crippen LogP contribution is 2.36. The van der Waals surface area contributed by atoms with Crippen LogP contribution in [0.1, 0.15) is 29.7 Å². The van der Waals surface area contributed by atoms with Gasteiger partial charge >= 0.3 is 6.03 Å². The Bertz CT molecular complexity index is 1620. The van der Waals surface area contributed by atoms with Crippen molar-refractivity contribution in [2.45, 2.75) is 32.0 Å². The van der Waals surface area contributed by atoms with Crippen molar-refractivity contribution in [3.05, 3.63) is 93.9 Å². The summed E-state index contributed by atoms with van der Waals surface area (Å²) in [6.07, 6.45) is 4.35. The molecule has 0 aliphatic carbocycles. The summed E-state index contributed by atoms with van der Waals surface area (Å²) in [5, 5.41) is 6.24. The topological polar surface area (TPSA) is 131 Å². The molecule has 4 rings (SSSR count). The second kappa shape index (κ2) is 13.5. The number of likely N-dealkylation sites (N-methyl/N-ethyl adjacent to an activating group) is 1. The summed E-state index contributed by atoms with van der Waals surface area (Å²) in [4.78, 5) is 45.2. The van der Waals surface area contributed by atoms with Crippen molar-refractivity contribution in [1.82, 2.24) is 20.0 Å². The zero-order chi connectivity index (χ0) is 30.4. The molecule has 0 saturated heterocycles. The highest BCUT2D eigenvalue weighted by molar-refractivity contribution is 9.09. The monoisotopic (exact) mass is 674 g/mol. The van der Waals surface area contributed by atoms with Gasteiger partial charge in [0, 0.05) is 47.3 Å². The van der Waals surface area contributed by atoms with Crippen LogP contribution in [-0.2, 0) is 21.9 Å². The zero-order valence-electron chi connectivity index (χ0n) is 22.9. The molecule has 0 aliphatic rings. The summed E-state index contributed by atoms with van der Waals surface area (Å²) < 4.78 is 7.91. The lowest BCUT2D eigenvalue weighted by Gasteiger charge is -2.37. The average molecular weight is 676 g/mol. The minimum atomic E-state index is -2.03. The predicted octanol–water partition coefficient (Wildman–Crippen LogP) is 5.30. The number of urea groups is 1. The molecule has 220 valence electrons. The molecular formula is C29H29BrCl2N6O4. The van der Waals surface area contributed by atoms with Crippen molar-refractivity contribution in [1.29, 1.82) is 0 Å². The number of rotatable bonds is 11. The number of benzene rings is 2. The number of nitrogens with two attached hydrogens (primary N) is 1. The van der Waals surface area contributed by atoms with Gasteiger partial charge in [-0.25, -0.2) is 9.78 Å². The van der Waals surface area contributed by atoms with Crippen molar-refractivity contribution in [3.63, 3.8) is 0 Å². The van der Waals surface area contributed by atoms with E-state index in [1.807, 2.05) is 29.8 Å². The van der Waals surface area contributed by atoms with Gasteiger partial charge in [-0.2, -0.15) is 0 Å². The standard InChI is InChI=1S/C29H29BrCl2N6O4/c1-18-16-38-15-7-10-23(26(38)34-18)42-17-20-21(31)12-13-22(25(20)32)37(2)27(40)29(36-28(33)41,19-8-4-3-5-9-19)35-24(39)11-6-14-30/h3-5,7-10,12-13,15-16H,6,11,14,17H2,1-2H3,(H,35,39)(H3,33,36,41). The smallest absolute Gasteiger partial charge is 0.314 e. The number of carbonyl (C=O) groups excluding carboxylic acids is 3. The second-order valence-electron chi connectivity index (χ2n) is 9.44. The molecule has 0 saturated carbocycles. The molecule has 4 aromatic rings. The van der Waals surface area contributed by atoms with E-state index < -0.39 is 23.5 Å². The number of hydrogen-bond acceptors (Lipinski definition) is 5. The van der Waals surface area contributed by atoms with E-state index >= 15 is 0 Å². The minimum absolute atomic E-state index is 0.0221. The average Bonchev–Trinajstić information content (AvgIpc) is 3.36. The summed E-state index contributed by atoms with van der Waals surface area (Å²) in [5.41, 5.74) is 5.95. The number of halogens is 3. The zero-order valence-corrected chi connectivity index (χ0v) is 26.0. The van der Waals surface area contributed by atoms with Crippen LogP contribution < -0.4 is 26.0 Å². The molecule has 2 aromatic heterocycles. The molecule has 0 fully saturated rings. The predicted molar refractivity (Wildman–Crippen MR) is 166 cm³/mol. The largest absolute Gasteiger partial charge is 0.485 e. The van der Waals surface area contributed by atoms with Gasteiger partial charge in [-0.05, 0) is 37.6 Å². The number of amides is 4. The van der Waals surface area contributed by atoms with Crippen molar-refractivity contribution >= 4 is 68.3 Å². The molecule has 0 spiro atoms. The van der Waals surface area contributed by atoms with Crippen LogP contribution in [0, 0.1) is 6.92 Å². The Balaban J connectivity index is 1.71. The Kier molecular flexibility index (Phi) is 9.97. The van der Waals surface area contributed by atoms with Gasteiger partial charge in [0.25, 0.3) is 5.91 Å². The van der Waals surface area contributed by atoms with E-state index in [0.717, 1.165) is 5.69 Å². The number of nitrogens with one attached hydrogen (secondary N) is 2. The Morgan fingerprint density at radius 2 is 1.83 bits per heavy atom. The summed E-state index contributed by atoms with van der Waals surface area (Å²) in [6, 6.07) is 14.1. The minimum Gasteiger partial charge on any atom is -0.485 e. The summed E-state index contributed by atoms with van der Waals surface area (Å²) in [6.45, 7) is 1.86. The number of pyridine rings is 1. The van der Waals surface area contributed by atoms with E-state index in [-0.39, 0.29) is 23.7 Å². The quantitative estimate of drug-likeness (QED) is 0.147. The Morgan fingerprint density at radius 1 is 1.10 bits per heavy atom. The van der Waals surface area contributed by atoms with E-state index in [4.69, 9.17) is 33.7 Å². The van der Waals surface area contributed by atoms with E-state index in [0.29, 0.717) is 39.3 Å². The number of carbonyl (C=O) groups is 3. The molecule has 2 aromatic carbocycles. The fourth-order valence-electron chi connectivity index (χ4n) is 4.49. The fourth-order valence-corrected chi connectivity index (χ4v) is 5.37. The van der Waals surface area contributed by atoms with Crippen LogP contribution in [0.2, 0.25) is 10.0 Å². The maximum atomic E-state index is 14.3. The summed E-state index contributed by atoms with van der Waals surface area (Å²) in [5.74, 6) is -0.658. The van der Waals surface area contributed by atoms with Crippen LogP contribution in [0.3, 0.4) is 0 Å². The number of aromatic nitrogens is 2. The van der Waals surface area contributed by atoms with Gasteiger partial charge in [-0.1, -0.05) is 69.5 Å². The molecule has 4 N–H and O–H groups in total. The van der Waals surface area contributed by atoms with Gasteiger partial charge in [-0.3, -0.25) is 9.59 Å². The lowest BCUT2D eigenvalue weighted by molar-refractivity contribution is -0.133. The van der Waals surface area contributed by atoms with Crippen LogP contribution in [-0.4, -0.2) is 39.6 Å². The number of hydrogen-bond donors (Lipinski definition) is 3. The van der Waals surface area contributed by atoms with Crippen molar-refractivity contribution in [3.8, 4) is 5.75 Å². The Morgan fingerprint density at radius 3 is 2.52 bits per heavy atom. The molecule has 1 unspecified atom stereocenters. The Hall–Kier alpha value is -3.80. The van der Waals surface area contributed by atoms with E-state index in [1.54, 1.807) is 48.5 Å². The lowest BCUT2D eigenvalue weighted by atomic mass is 9.96. The third-order valence-corrected chi connectivity index (χ3v) is 7.81. The number of fused-ring (bicyclic) bond motifs is 1. The molecule has 13 heteroatoms. The van der Waals surface area contributed by atoms with Gasteiger partial charge in [0.1, 0.15) is 6.61 Å². The van der Waals surface area contributed by atoms with Crippen LogP contribution >= 0.6 is 39.1 Å². The van der Waals surface area contributed by atoms with Gasteiger partial charge < -0.3 is 30.4 Å². The first-order valence-electron chi connectivity index (χ1n) is 12.9. The Labute approximate surface area is 261 Å². The maximum absolute atomic E-state index is 14.3. The maximum Gasteiger partial charge on any atom is 0.314 e. The van der Waals surface area contributed by atoms with Crippen LogP contribution in [0.5, 0.6) is 5.75 Å². The first-order valence-corrected chi connectivity index (χ1v) is 14.8. The van der Waals surface area contributed by atoms with Gasteiger partial charge in [0.05, 0.1) is 16.4 Å². The molecule has 4 amide bonds. The van der Waals surface area contributed by atoms with E-state index in [9.17, 15) is 14.4 Å². The highest BCUT2D eigenvalue weighted by atomic mass is 79.9. The SMILES string of the molecule is Cc1cn2cccc(OCc3c(Cl)ccc(N(C)C(=O)C(NC(N)=O)(NC(=O)CCCBr)c4ccccc4)c3Cl)c2n1. The van der Waals surface area contributed by atoms with Gasteiger partial charge in [0.2, 0.25) is 11.6 Å². The molecule has 2 heterocycles. The van der Waals surface area contributed by atoms with Crippen molar-refractivity contribution < 1.29 is 19.1 Å². The van der Waals surface area contributed by atoms with Crippen molar-refractivity contribution in [2.24, 2.45) is 5.73 Å². The van der Waals surface area contributed by atoms with E-state index in [1.165, 1.54) is 11.9 Å². The van der Waals surface area contributed by atoms with Crippen molar-refractivity contribution in [2.75, 3.05) is 17.3 Å². The third kappa shape index (κ3) is 6.64. The molecule has 0 radical (unpaired) electrons. The first-order chi connectivity index (χ1) is 20.1. The van der Waals surface area contributed by atoms with Crippen LogP contribution in [0.4, 0.5) is 10.5 Å². The fraction of sp³-hybridized carbons (Fsp3) is 0.241. The van der Waals surface area contributed by atoms with Crippen LogP contribution in [0.25, 0.3) is 5.65 Å². The summed E-state index contributed by atoms with van der Waals surface area (Å²) in [7, 11) is 1.47. The number of primary amides is 1. The first kappa shape index (κ1) is 31.1. The second-order valence-corrected chi connectivity index (χ2v) is 11.0. The third-order valence-electron chi connectivity index (χ3n) is 6.47. The highest BCUT2D eigenvalue weighted by Gasteiger charge is 2.45. The number of nitrogens with zero attached hydrogens (tertiary/aromatic N) is 3. The molecule has 0 aliphatic heterocycles. The van der Waals surface area contributed by atoms with E-state index in [2.05, 4.69) is 31.5 Å². The lowest BCUT2D eigenvalue weighted by Crippen LogP contribution is -2.67. The van der Waals surface area contributed by atoms with Crippen LogP contribution in [0.15, 0.2) is 67.0 Å². The number of anilines is 1. The normalized spacial score (nSPS) is 12.4. The molecule has 10 nitrogen and oxygen atoms in total.